The summed E-state index contributed by atoms with van der Waals surface area (Å²) >= 11 is 0. The van der Waals surface area contributed by atoms with E-state index in [1.54, 1.807) is 0 Å². The predicted octanol–water partition coefficient (Wildman–Crippen LogP) is 4.63. The van der Waals surface area contributed by atoms with Gasteiger partial charge in [-0.3, -0.25) is 4.79 Å². The third-order valence-electron chi connectivity index (χ3n) is 8.05. The number of fused-ring (bicyclic) bond motifs is 2. The fourth-order valence-electron chi connectivity index (χ4n) is 5.97. The molecule has 1 aromatic carbocycles. The molecule has 0 spiro atoms. The van der Waals surface area contributed by atoms with Crippen LogP contribution in [-0.4, -0.2) is 43.0 Å². The van der Waals surface area contributed by atoms with E-state index < -0.39 is 5.97 Å². The van der Waals surface area contributed by atoms with E-state index in [2.05, 4.69) is 13.0 Å². The van der Waals surface area contributed by atoms with Gasteiger partial charge in [-0.2, -0.15) is 0 Å². The van der Waals surface area contributed by atoms with Gasteiger partial charge in [0.05, 0.1) is 19.1 Å². The number of esters is 2. The van der Waals surface area contributed by atoms with Crippen molar-refractivity contribution in [1.29, 1.82) is 0 Å². The van der Waals surface area contributed by atoms with Crippen molar-refractivity contribution >= 4 is 11.9 Å². The Hall–Kier alpha value is -2.08. The Morgan fingerprint density at radius 2 is 1.97 bits per heavy atom. The second-order valence-electron chi connectivity index (χ2n) is 10.5. The Balaban J connectivity index is 1.45. The highest BCUT2D eigenvalue weighted by molar-refractivity contribution is 5.75. The van der Waals surface area contributed by atoms with Gasteiger partial charge in [-0.1, -0.05) is 38.3 Å². The zero-order chi connectivity index (χ0) is 24.1. The molecule has 0 radical (unpaired) electrons. The number of hydrogen-bond donors (Lipinski definition) is 1. The van der Waals surface area contributed by atoms with Crippen molar-refractivity contribution in [3.8, 4) is 5.75 Å². The molecular formula is C28H40O6. The molecule has 0 amide bonds. The topological polar surface area (TPSA) is 82.1 Å². The zero-order valence-corrected chi connectivity index (χ0v) is 20.7. The number of hydrogen-bond acceptors (Lipinski definition) is 6. The minimum absolute atomic E-state index is 0.0308. The van der Waals surface area contributed by atoms with E-state index in [4.69, 9.17) is 14.2 Å². The molecule has 2 fully saturated rings. The van der Waals surface area contributed by atoms with Gasteiger partial charge in [0.15, 0.2) is 6.61 Å². The van der Waals surface area contributed by atoms with Gasteiger partial charge in [0.2, 0.25) is 0 Å². The minimum atomic E-state index is -0.392. The summed E-state index contributed by atoms with van der Waals surface area (Å²) in [5.41, 5.74) is 2.42. The molecule has 6 heteroatoms. The summed E-state index contributed by atoms with van der Waals surface area (Å²) in [5.74, 6) is 1.55. The second-order valence-corrected chi connectivity index (χ2v) is 10.5. The van der Waals surface area contributed by atoms with Crippen molar-refractivity contribution < 1.29 is 28.9 Å². The first-order chi connectivity index (χ1) is 16.5. The first-order valence-corrected chi connectivity index (χ1v) is 13.2. The van der Waals surface area contributed by atoms with Crippen LogP contribution in [0.25, 0.3) is 0 Å². The van der Waals surface area contributed by atoms with E-state index in [1.807, 2.05) is 12.1 Å². The molecule has 2 saturated carbocycles. The lowest BCUT2D eigenvalue weighted by molar-refractivity contribution is -0.153. The normalized spacial score (nSPS) is 26.3. The van der Waals surface area contributed by atoms with Crippen LogP contribution in [0.5, 0.6) is 5.75 Å². The van der Waals surface area contributed by atoms with Gasteiger partial charge >= 0.3 is 11.9 Å². The lowest BCUT2D eigenvalue weighted by Crippen LogP contribution is -2.30. The van der Waals surface area contributed by atoms with Crippen LogP contribution in [0.15, 0.2) is 18.2 Å². The van der Waals surface area contributed by atoms with Gasteiger partial charge in [-0.15, -0.1) is 0 Å². The SMILES string of the molecule is CCCCC[C@@H](O)CC[C@@H]1[C@H]2Cc3cccc(OCC(=O)OC)c3C[C@H]2C[C@H]1OC(=O)C1CC1. The number of aliphatic hydroxyl groups is 1. The Bertz CT molecular complexity index is 847. The largest absolute Gasteiger partial charge is 0.482 e. The lowest BCUT2D eigenvalue weighted by atomic mass is 9.73. The molecule has 34 heavy (non-hydrogen) atoms. The maximum atomic E-state index is 12.5. The second kappa shape index (κ2) is 11.6. The van der Waals surface area contributed by atoms with Crippen molar-refractivity contribution in [2.24, 2.45) is 23.7 Å². The number of unbranched alkanes of at least 4 members (excludes halogenated alkanes) is 2. The Morgan fingerprint density at radius 3 is 2.71 bits per heavy atom. The molecule has 188 valence electrons. The summed E-state index contributed by atoms with van der Waals surface area (Å²) < 4.78 is 16.6. The number of rotatable bonds is 12. The number of methoxy groups -OCH3 is 1. The Kier molecular flexibility index (Phi) is 8.51. The summed E-state index contributed by atoms with van der Waals surface area (Å²) in [7, 11) is 1.36. The number of carbonyl (C=O) groups excluding carboxylic acids is 2. The van der Waals surface area contributed by atoms with Crippen LogP contribution in [0.1, 0.15) is 75.8 Å². The van der Waals surface area contributed by atoms with Crippen LogP contribution >= 0.6 is 0 Å². The standard InChI is InChI=1S/C28H40O6/c1-3-4-5-8-21(29)12-13-22-23-14-19-7-6-9-25(33-17-27(30)32-2)24(19)15-20(23)16-26(22)34-28(31)18-10-11-18/h6-7,9,18,20-23,26,29H,3-5,8,10-17H2,1-2H3/t20-,21+,22+,23-,26+/m0/s1. The molecule has 0 heterocycles. The molecule has 1 N–H and O–H groups in total. The third-order valence-corrected chi connectivity index (χ3v) is 8.05. The monoisotopic (exact) mass is 472 g/mol. The van der Waals surface area contributed by atoms with Crippen molar-refractivity contribution in [2.75, 3.05) is 13.7 Å². The molecule has 6 nitrogen and oxygen atoms in total. The number of ether oxygens (including phenoxy) is 3. The lowest BCUT2D eigenvalue weighted by Gasteiger charge is -2.32. The Morgan fingerprint density at radius 1 is 1.15 bits per heavy atom. The highest BCUT2D eigenvalue weighted by Crippen LogP contribution is 2.50. The molecule has 0 aromatic heterocycles. The molecule has 0 unspecified atom stereocenters. The van der Waals surface area contributed by atoms with Gasteiger partial charge in [0.1, 0.15) is 11.9 Å². The van der Waals surface area contributed by atoms with Crippen LogP contribution in [0.4, 0.5) is 0 Å². The van der Waals surface area contributed by atoms with E-state index in [0.29, 0.717) is 11.8 Å². The summed E-state index contributed by atoms with van der Waals surface area (Å²) in [6.45, 7) is 2.08. The average Bonchev–Trinajstić information content (AvgIpc) is 3.63. The minimum Gasteiger partial charge on any atom is -0.482 e. The summed E-state index contributed by atoms with van der Waals surface area (Å²) in [6, 6.07) is 6.06. The number of carbonyl (C=O) groups is 2. The molecular weight excluding hydrogens is 432 g/mol. The molecule has 3 aliphatic rings. The van der Waals surface area contributed by atoms with E-state index >= 15 is 0 Å². The molecule has 0 aliphatic heterocycles. The summed E-state index contributed by atoms with van der Waals surface area (Å²) in [4.78, 5) is 24.1. The zero-order valence-electron chi connectivity index (χ0n) is 20.7. The smallest absolute Gasteiger partial charge is 0.343 e. The van der Waals surface area contributed by atoms with Crippen LogP contribution in [0, 0.1) is 23.7 Å². The molecule has 0 saturated heterocycles. The van der Waals surface area contributed by atoms with Crippen molar-refractivity contribution in [2.45, 2.75) is 89.8 Å². The van der Waals surface area contributed by atoms with Crippen molar-refractivity contribution in [3.05, 3.63) is 29.3 Å². The highest BCUT2D eigenvalue weighted by atomic mass is 16.6. The molecule has 0 bridgehead atoms. The van der Waals surface area contributed by atoms with Crippen molar-refractivity contribution in [3.63, 3.8) is 0 Å². The quantitative estimate of drug-likeness (QED) is 0.353. The van der Waals surface area contributed by atoms with Gasteiger partial charge < -0.3 is 19.3 Å². The molecule has 3 aliphatic carbocycles. The third kappa shape index (κ3) is 6.12. The van der Waals surface area contributed by atoms with Gasteiger partial charge in [0, 0.05) is 0 Å². The summed E-state index contributed by atoms with van der Waals surface area (Å²) in [6.07, 6.45) is 10.1. The fraction of sp³-hybridized carbons (Fsp3) is 0.714. The van der Waals surface area contributed by atoms with Crippen molar-refractivity contribution in [1.82, 2.24) is 0 Å². The maximum Gasteiger partial charge on any atom is 0.343 e. The van der Waals surface area contributed by atoms with Gasteiger partial charge in [-0.25, -0.2) is 4.79 Å². The molecule has 5 atom stereocenters. The van der Waals surface area contributed by atoms with Crippen LogP contribution in [0.3, 0.4) is 0 Å². The Labute approximate surface area is 203 Å². The van der Waals surface area contributed by atoms with Crippen LogP contribution in [0.2, 0.25) is 0 Å². The number of benzene rings is 1. The van der Waals surface area contributed by atoms with E-state index in [-0.39, 0.29) is 36.6 Å². The van der Waals surface area contributed by atoms with E-state index in [0.717, 1.165) is 76.4 Å². The average molecular weight is 473 g/mol. The fourth-order valence-corrected chi connectivity index (χ4v) is 5.97. The van der Waals surface area contributed by atoms with E-state index in [9.17, 15) is 14.7 Å². The molecule has 1 aromatic rings. The number of aliphatic hydroxyl groups excluding tert-OH is 1. The van der Waals surface area contributed by atoms with Gasteiger partial charge in [-0.05, 0) is 86.3 Å². The highest BCUT2D eigenvalue weighted by Gasteiger charge is 2.48. The first kappa shape index (κ1) is 25.0. The van der Waals surface area contributed by atoms with Crippen LogP contribution < -0.4 is 4.74 Å². The molecule has 4 rings (SSSR count). The summed E-state index contributed by atoms with van der Waals surface area (Å²) in [5, 5.41) is 10.6. The predicted molar refractivity (Wildman–Crippen MR) is 128 cm³/mol. The first-order valence-electron chi connectivity index (χ1n) is 13.2. The van der Waals surface area contributed by atoms with Gasteiger partial charge in [0.25, 0.3) is 0 Å². The van der Waals surface area contributed by atoms with Crippen LogP contribution in [-0.2, 0) is 31.9 Å². The maximum absolute atomic E-state index is 12.5. The van der Waals surface area contributed by atoms with E-state index in [1.165, 1.54) is 18.2 Å².